The summed E-state index contributed by atoms with van der Waals surface area (Å²) in [6.07, 6.45) is 7.38. The molecule has 0 aromatic carbocycles. The summed E-state index contributed by atoms with van der Waals surface area (Å²) >= 11 is 0. The molecule has 0 spiro atoms. The van der Waals surface area contributed by atoms with Crippen LogP contribution in [0.4, 0.5) is 0 Å². The molecule has 21 heavy (non-hydrogen) atoms. The number of amides is 1. The highest BCUT2D eigenvalue weighted by molar-refractivity contribution is 5.76. The van der Waals surface area contributed by atoms with Gasteiger partial charge in [-0.3, -0.25) is 4.79 Å². The Labute approximate surface area is 130 Å². The molecule has 0 saturated heterocycles. The molecule has 3 N–H and O–H groups in total. The summed E-state index contributed by atoms with van der Waals surface area (Å²) in [4.78, 5) is 14.3. The van der Waals surface area contributed by atoms with Gasteiger partial charge in [0.2, 0.25) is 5.91 Å². The Hall–Kier alpha value is -0.610. The molecular formula is C17H35N3O. The number of hydrogen-bond acceptors (Lipinski definition) is 3. The maximum atomic E-state index is 12.2. The second-order valence-electron chi connectivity index (χ2n) is 7.48. The van der Waals surface area contributed by atoms with Crippen molar-refractivity contribution < 1.29 is 4.79 Å². The lowest BCUT2D eigenvalue weighted by Gasteiger charge is -2.27. The van der Waals surface area contributed by atoms with Gasteiger partial charge < -0.3 is 16.0 Å². The average molecular weight is 297 g/mol. The lowest BCUT2D eigenvalue weighted by molar-refractivity contribution is -0.122. The Balaban J connectivity index is 2.29. The molecule has 0 heterocycles. The highest BCUT2D eigenvalue weighted by Crippen LogP contribution is 2.26. The zero-order valence-electron chi connectivity index (χ0n) is 14.4. The summed E-state index contributed by atoms with van der Waals surface area (Å²) in [5.74, 6) is 1.53. The minimum absolute atomic E-state index is 0.220. The first-order valence-electron chi connectivity index (χ1n) is 8.56. The van der Waals surface area contributed by atoms with E-state index in [2.05, 4.69) is 38.2 Å². The second kappa shape index (κ2) is 9.42. The molecule has 1 rings (SSSR count). The molecule has 1 aliphatic carbocycles. The number of rotatable bonds is 8. The van der Waals surface area contributed by atoms with Gasteiger partial charge in [0.15, 0.2) is 0 Å². The Bertz CT molecular complexity index is 286. The van der Waals surface area contributed by atoms with Crippen LogP contribution in [0.3, 0.4) is 0 Å². The Kier molecular flexibility index (Phi) is 8.27. The number of nitrogens with zero attached hydrogens (tertiary/aromatic N) is 1. The predicted molar refractivity (Wildman–Crippen MR) is 89.1 cm³/mol. The molecule has 1 amide bonds. The molecule has 0 radical (unpaired) electrons. The molecule has 0 bridgehead atoms. The van der Waals surface area contributed by atoms with E-state index < -0.39 is 0 Å². The van der Waals surface area contributed by atoms with E-state index in [0.29, 0.717) is 24.3 Å². The minimum atomic E-state index is 0.220. The molecule has 0 aromatic heterocycles. The average Bonchev–Trinajstić information content (AvgIpc) is 2.36. The summed E-state index contributed by atoms with van der Waals surface area (Å²) in [6, 6.07) is 0.665. The van der Waals surface area contributed by atoms with Crippen molar-refractivity contribution in [3.8, 4) is 0 Å². The van der Waals surface area contributed by atoms with Crippen molar-refractivity contribution in [2.45, 2.75) is 70.9 Å². The lowest BCUT2D eigenvalue weighted by Crippen LogP contribution is -2.42. The van der Waals surface area contributed by atoms with Gasteiger partial charge in [0.05, 0.1) is 0 Å². The fourth-order valence-electron chi connectivity index (χ4n) is 3.30. The molecule has 1 aliphatic rings. The van der Waals surface area contributed by atoms with Crippen molar-refractivity contribution in [1.82, 2.24) is 10.2 Å². The van der Waals surface area contributed by atoms with Gasteiger partial charge in [-0.25, -0.2) is 0 Å². The molecule has 124 valence electrons. The highest BCUT2D eigenvalue weighted by Gasteiger charge is 2.20. The molecule has 1 saturated carbocycles. The van der Waals surface area contributed by atoms with Crippen LogP contribution >= 0.6 is 0 Å². The van der Waals surface area contributed by atoms with E-state index in [-0.39, 0.29) is 11.9 Å². The number of nitrogens with two attached hydrogens (primary N) is 1. The maximum Gasteiger partial charge on any atom is 0.220 e. The zero-order valence-corrected chi connectivity index (χ0v) is 14.4. The standard InChI is InChI=1S/C17H35N3O/c1-13(2)11-16(12-20(3)4)19-17(21)10-7-14-5-8-15(18)9-6-14/h13-16H,5-12,18H2,1-4H3,(H,19,21). The Morgan fingerprint density at radius 1 is 1.24 bits per heavy atom. The van der Waals surface area contributed by atoms with Gasteiger partial charge in [0.25, 0.3) is 0 Å². The van der Waals surface area contributed by atoms with E-state index in [4.69, 9.17) is 5.73 Å². The van der Waals surface area contributed by atoms with E-state index in [9.17, 15) is 4.79 Å². The van der Waals surface area contributed by atoms with Crippen molar-refractivity contribution in [1.29, 1.82) is 0 Å². The summed E-state index contributed by atoms with van der Waals surface area (Å²) < 4.78 is 0. The molecule has 1 fully saturated rings. The van der Waals surface area contributed by atoms with Crippen molar-refractivity contribution in [3.05, 3.63) is 0 Å². The van der Waals surface area contributed by atoms with E-state index in [1.165, 1.54) is 12.8 Å². The van der Waals surface area contributed by atoms with Gasteiger partial charge in [-0.2, -0.15) is 0 Å². The van der Waals surface area contributed by atoms with Crippen molar-refractivity contribution in [3.63, 3.8) is 0 Å². The lowest BCUT2D eigenvalue weighted by atomic mass is 9.84. The van der Waals surface area contributed by atoms with Crippen LogP contribution in [0.25, 0.3) is 0 Å². The smallest absolute Gasteiger partial charge is 0.220 e. The van der Waals surface area contributed by atoms with Crippen LogP contribution < -0.4 is 11.1 Å². The van der Waals surface area contributed by atoms with Crippen LogP contribution in [0.5, 0.6) is 0 Å². The van der Waals surface area contributed by atoms with Gasteiger partial charge >= 0.3 is 0 Å². The van der Waals surface area contributed by atoms with E-state index in [1.807, 2.05) is 0 Å². The molecule has 1 unspecified atom stereocenters. The summed E-state index contributed by atoms with van der Waals surface area (Å²) in [7, 11) is 4.12. The Morgan fingerprint density at radius 3 is 2.38 bits per heavy atom. The molecule has 0 aliphatic heterocycles. The van der Waals surface area contributed by atoms with E-state index in [1.54, 1.807) is 0 Å². The first kappa shape index (κ1) is 18.4. The van der Waals surface area contributed by atoms with Gasteiger partial charge in [-0.1, -0.05) is 13.8 Å². The largest absolute Gasteiger partial charge is 0.352 e. The van der Waals surface area contributed by atoms with Crippen LogP contribution in [0, 0.1) is 11.8 Å². The SMILES string of the molecule is CC(C)CC(CN(C)C)NC(=O)CCC1CCC(N)CC1. The molecule has 1 atom stereocenters. The summed E-state index contributed by atoms with van der Waals surface area (Å²) in [5.41, 5.74) is 5.93. The van der Waals surface area contributed by atoms with Crippen molar-refractivity contribution >= 4 is 5.91 Å². The number of likely N-dealkylation sites (N-methyl/N-ethyl adjacent to an activating group) is 1. The second-order valence-corrected chi connectivity index (χ2v) is 7.48. The first-order chi connectivity index (χ1) is 9.86. The van der Waals surface area contributed by atoms with Crippen LogP contribution in [0.15, 0.2) is 0 Å². The van der Waals surface area contributed by atoms with Gasteiger partial charge in [-0.05, 0) is 64.5 Å². The summed E-state index contributed by atoms with van der Waals surface area (Å²) in [6.45, 7) is 5.34. The van der Waals surface area contributed by atoms with Crippen LogP contribution in [0.1, 0.15) is 58.8 Å². The zero-order chi connectivity index (χ0) is 15.8. The van der Waals surface area contributed by atoms with Gasteiger partial charge in [-0.15, -0.1) is 0 Å². The first-order valence-corrected chi connectivity index (χ1v) is 8.56. The third kappa shape index (κ3) is 8.42. The monoisotopic (exact) mass is 297 g/mol. The molecular weight excluding hydrogens is 262 g/mol. The highest BCUT2D eigenvalue weighted by atomic mass is 16.1. The summed E-state index contributed by atoms with van der Waals surface area (Å²) in [5, 5.41) is 3.22. The number of nitrogens with one attached hydrogen (secondary N) is 1. The van der Waals surface area contributed by atoms with E-state index in [0.717, 1.165) is 32.2 Å². The predicted octanol–water partition coefficient (Wildman–Crippen LogP) is 2.38. The van der Waals surface area contributed by atoms with Crippen LogP contribution in [-0.2, 0) is 4.79 Å². The minimum Gasteiger partial charge on any atom is -0.352 e. The Morgan fingerprint density at radius 2 is 1.86 bits per heavy atom. The van der Waals surface area contributed by atoms with Crippen molar-refractivity contribution in [2.75, 3.05) is 20.6 Å². The third-order valence-corrected chi connectivity index (χ3v) is 4.38. The van der Waals surface area contributed by atoms with Crippen molar-refractivity contribution in [2.24, 2.45) is 17.6 Å². The molecule has 4 heteroatoms. The molecule has 0 aromatic rings. The molecule has 4 nitrogen and oxygen atoms in total. The van der Waals surface area contributed by atoms with Crippen LogP contribution in [-0.4, -0.2) is 43.5 Å². The quantitative estimate of drug-likeness (QED) is 0.723. The fourth-order valence-corrected chi connectivity index (χ4v) is 3.30. The van der Waals surface area contributed by atoms with Crippen LogP contribution in [0.2, 0.25) is 0 Å². The van der Waals surface area contributed by atoms with E-state index >= 15 is 0 Å². The normalized spacial score (nSPS) is 24.3. The topological polar surface area (TPSA) is 58.4 Å². The fraction of sp³-hybridized carbons (Fsp3) is 0.941. The maximum absolute atomic E-state index is 12.2. The van der Waals surface area contributed by atoms with Gasteiger partial charge in [0, 0.05) is 25.0 Å². The third-order valence-electron chi connectivity index (χ3n) is 4.38. The number of carbonyl (C=O) groups excluding carboxylic acids is 1. The van der Waals surface area contributed by atoms with Gasteiger partial charge in [0.1, 0.15) is 0 Å². The number of hydrogen-bond donors (Lipinski definition) is 2. The number of carbonyl (C=O) groups is 1.